The van der Waals surface area contributed by atoms with Crippen molar-refractivity contribution in [1.29, 1.82) is 0 Å². The summed E-state index contributed by atoms with van der Waals surface area (Å²) in [6, 6.07) is 1.45. The summed E-state index contributed by atoms with van der Waals surface area (Å²) in [7, 11) is 0. The molecule has 100 valence electrons. The molecular weight excluding hydrogens is 210 g/mol. The molecule has 0 bridgehead atoms. The van der Waals surface area contributed by atoms with E-state index in [-0.39, 0.29) is 0 Å². The molecule has 0 aliphatic carbocycles. The summed E-state index contributed by atoms with van der Waals surface area (Å²) in [6.07, 6.45) is 2.74. The molecule has 0 aromatic carbocycles. The summed E-state index contributed by atoms with van der Waals surface area (Å²) in [5.41, 5.74) is 0. The van der Waals surface area contributed by atoms with Gasteiger partial charge in [0, 0.05) is 44.8 Å². The molecule has 2 fully saturated rings. The van der Waals surface area contributed by atoms with Crippen molar-refractivity contribution >= 4 is 0 Å². The third-order valence-corrected chi connectivity index (χ3v) is 4.39. The molecule has 0 aromatic rings. The van der Waals surface area contributed by atoms with Crippen LogP contribution in [0.25, 0.3) is 0 Å². The molecule has 17 heavy (non-hydrogen) atoms. The van der Waals surface area contributed by atoms with Gasteiger partial charge in [-0.05, 0) is 46.1 Å². The average molecular weight is 239 g/mol. The van der Waals surface area contributed by atoms with Gasteiger partial charge in [-0.1, -0.05) is 0 Å². The van der Waals surface area contributed by atoms with Crippen LogP contribution >= 0.6 is 0 Å². The van der Waals surface area contributed by atoms with Crippen LogP contribution in [0, 0.1) is 5.92 Å². The lowest BCUT2D eigenvalue weighted by Gasteiger charge is -2.39. The highest BCUT2D eigenvalue weighted by molar-refractivity contribution is 4.80. The highest BCUT2D eigenvalue weighted by atomic mass is 15.3. The van der Waals surface area contributed by atoms with Crippen molar-refractivity contribution in [1.82, 2.24) is 15.1 Å². The molecule has 2 aliphatic rings. The summed E-state index contributed by atoms with van der Waals surface area (Å²) in [6.45, 7) is 14.6. The maximum atomic E-state index is 3.54. The SMILES string of the molecule is CC1CC(CN2CCN(C(C)C)CC2)CCN1. The zero-order valence-electron chi connectivity index (χ0n) is 11.8. The summed E-state index contributed by atoms with van der Waals surface area (Å²) in [4.78, 5) is 5.28. The monoisotopic (exact) mass is 239 g/mol. The Balaban J connectivity index is 1.70. The molecule has 0 amide bonds. The number of piperazine rings is 1. The molecule has 2 aliphatic heterocycles. The van der Waals surface area contributed by atoms with Crippen molar-refractivity contribution in [2.45, 2.75) is 45.7 Å². The van der Waals surface area contributed by atoms with Gasteiger partial charge in [-0.25, -0.2) is 0 Å². The second kappa shape index (κ2) is 6.17. The number of hydrogen-bond acceptors (Lipinski definition) is 3. The highest BCUT2D eigenvalue weighted by Crippen LogP contribution is 2.18. The third-order valence-electron chi connectivity index (χ3n) is 4.39. The van der Waals surface area contributed by atoms with Gasteiger partial charge in [0.15, 0.2) is 0 Å². The summed E-state index contributed by atoms with van der Waals surface area (Å²) < 4.78 is 0. The fourth-order valence-electron chi connectivity index (χ4n) is 3.23. The smallest absolute Gasteiger partial charge is 0.0113 e. The molecule has 2 unspecified atom stereocenters. The lowest BCUT2D eigenvalue weighted by atomic mass is 9.92. The predicted molar refractivity (Wildman–Crippen MR) is 73.3 cm³/mol. The molecule has 3 nitrogen and oxygen atoms in total. The Bertz CT molecular complexity index is 222. The summed E-state index contributed by atoms with van der Waals surface area (Å²) in [5, 5.41) is 3.54. The Morgan fingerprint density at radius 1 is 1.18 bits per heavy atom. The molecule has 0 saturated carbocycles. The summed E-state index contributed by atoms with van der Waals surface area (Å²) >= 11 is 0. The molecule has 2 atom stereocenters. The van der Waals surface area contributed by atoms with Crippen LogP contribution in [-0.2, 0) is 0 Å². The Morgan fingerprint density at radius 2 is 1.88 bits per heavy atom. The van der Waals surface area contributed by atoms with Gasteiger partial charge in [-0.15, -0.1) is 0 Å². The number of hydrogen-bond donors (Lipinski definition) is 1. The highest BCUT2D eigenvalue weighted by Gasteiger charge is 2.24. The minimum atomic E-state index is 0.719. The van der Waals surface area contributed by atoms with Gasteiger partial charge in [0.2, 0.25) is 0 Å². The van der Waals surface area contributed by atoms with E-state index in [4.69, 9.17) is 0 Å². The average Bonchev–Trinajstić information content (AvgIpc) is 2.29. The van der Waals surface area contributed by atoms with E-state index >= 15 is 0 Å². The fourth-order valence-corrected chi connectivity index (χ4v) is 3.23. The first kappa shape index (κ1) is 13.3. The van der Waals surface area contributed by atoms with E-state index in [2.05, 4.69) is 35.9 Å². The van der Waals surface area contributed by atoms with Crippen LogP contribution < -0.4 is 5.32 Å². The van der Waals surface area contributed by atoms with E-state index in [9.17, 15) is 0 Å². The Kier molecular flexibility index (Phi) is 4.83. The molecule has 0 radical (unpaired) electrons. The number of nitrogens with zero attached hydrogens (tertiary/aromatic N) is 2. The standard InChI is InChI=1S/C14H29N3/c1-12(2)17-8-6-16(7-9-17)11-14-4-5-15-13(3)10-14/h12-15H,4-11H2,1-3H3. The quantitative estimate of drug-likeness (QED) is 0.803. The zero-order chi connectivity index (χ0) is 12.3. The van der Waals surface area contributed by atoms with E-state index in [1.165, 1.54) is 52.1 Å². The van der Waals surface area contributed by atoms with Gasteiger partial charge < -0.3 is 10.2 Å². The maximum Gasteiger partial charge on any atom is 0.0113 e. The topological polar surface area (TPSA) is 18.5 Å². The molecule has 2 rings (SSSR count). The number of rotatable bonds is 3. The van der Waals surface area contributed by atoms with E-state index < -0.39 is 0 Å². The maximum absolute atomic E-state index is 3.54. The van der Waals surface area contributed by atoms with Crippen LogP contribution in [0.4, 0.5) is 0 Å². The van der Waals surface area contributed by atoms with E-state index in [0.717, 1.165) is 18.0 Å². The third kappa shape index (κ3) is 3.94. The molecular formula is C14H29N3. The first-order valence-corrected chi connectivity index (χ1v) is 7.35. The van der Waals surface area contributed by atoms with Crippen LogP contribution in [0.15, 0.2) is 0 Å². The van der Waals surface area contributed by atoms with Crippen molar-refractivity contribution < 1.29 is 0 Å². The molecule has 0 aromatic heterocycles. The van der Waals surface area contributed by atoms with Crippen molar-refractivity contribution in [3.8, 4) is 0 Å². The van der Waals surface area contributed by atoms with Crippen LogP contribution in [0.5, 0.6) is 0 Å². The van der Waals surface area contributed by atoms with Crippen molar-refractivity contribution in [3.05, 3.63) is 0 Å². The normalized spacial score (nSPS) is 33.2. The largest absolute Gasteiger partial charge is 0.314 e. The van der Waals surface area contributed by atoms with Gasteiger partial charge in [-0.2, -0.15) is 0 Å². The molecule has 2 saturated heterocycles. The molecule has 0 spiro atoms. The molecule has 1 N–H and O–H groups in total. The van der Waals surface area contributed by atoms with E-state index in [1.807, 2.05) is 0 Å². The lowest BCUT2D eigenvalue weighted by molar-refractivity contribution is 0.0894. The second-order valence-corrected chi connectivity index (χ2v) is 6.18. The lowest BCUT2D eigenvalue weighted by Crippen LogP contribution is -2.50. The van der Waals surface area contributed by atoms with Gasteiger partial charge in [-0.3, -0.25) is 4.90 Å². The zero-order valence-corrected chi connectivity index (χ0v) is 11.8. The van der Waals surface area contributed by atoms with Crippen LogP contribution in [0.1, 0.15) is 33.6 Å². The van der Waals surface area contributed by atoms with Crippen molar-refractivity contribution in [2.24, 2.45) is 5.92 Å². The summed E-state index contributed by atoms with van der Waals surface area (Å²) in [5.74, 6) is 0.928. The van der Waals surface area contributed by atoms with E-state index in [0.29, 0.717) is 0 Å². The molecule has 3 heteroatoms. The molecule has 2 heterocycles. The minimum absolute atomic E-state index is 0.719. The van der Waals surface area contributed by atoms with E-state index in [1.54, 1.807) is 0 Å². The van der Waals surface area contributed by atoms with Crippen molar-refractivity contribution in [2.75, 3.05) is 39.3 Å². The number of nitrogens with one attached hydrogen (secondary N) is 1. The predicted octanol–water partition coefficient (Wildman–Crippen LogP) is 1.40. The van der Waals surface area contributed by atoms with Crippen LogP contribution in [0.3, 0.4) is 0 Å². The van der Waals surface area contributed by atoms with Crippen LogP contribution in [-0.4, -0.2) is 61.2 Å². The van der Waals surface area contributed by atoms with Gasteiger partial charge in [0.1, 0.15) is 0 Å². The number of piperidine rings is 1. The second-order valence-electron chi connectivity index (χ2n) is 6.18. The van der Waals surface area contributed by atoms with Crippen molar-refractivity contribution in [3.63, 3.8) is 0 Å². The first-order valence-electron chi connectivity index (χ1n) is 7.35. The van der Waals surface area contributed by atoms with Gasteiger partial charge in [0.05, 0.1) is 0 Å². The Hall–Kier alpha value is -0.120. The van der Waals surface area contributed by atoms with Gasteiger partial charge >= 0.3 is 0 Å². The Labute approximate surface area is 107 Å². The van der Waals surface area contributed by atoms with Gasteiger partial charge in [0.25, 0.3) is 0 Å². The Morgan fingerprint density at radius 3 is 2.47 bits per heavy atom. The first-order chi connectivity index (χ1) is 8.15. The van der Waals surface area contributed by atoms with Crippen LogP contribution in [0.2, 0.25) is 0 Å². The fraction of sp³-hybridized carbons (Fsp3) is 1.00. The minimum Gasteiger partial charge on any atom is -0.314 e.